The van der Waals surface area contributed by atoms with Crippen molar-refractivity contribution >= 4 is 51.6 Å². The molecule has 2 atom stereocenters. The molecule has 3 aliphatic rings. The Bertz CT molecular complexity index is 1540. The molecule has 1 aromatic carbocycles. The van der Waals surface area contributed by atoms with Gasteiger partial charge in [0.25, 0.3) is 5.56 Å². The zero-order valence-electron chi connectivity index (χ0n) is 21.7. The zero-order chi connectivity index (χ0) is 27.6. The highest BCUT2D eigenvalue weighted by molar-refractivity contribution is 6.33. The van der Waals surface area contributed by atoms with Crippen LogP contribution in [-0.4, -0.2) is 70.1 Å². The molecule has 10 nitrogen and oxygen atoms in total. The van der Waals surface area contributed by atoms with Gasteiger partial charge in [-0.3, -0.25) is 9.59 Å². The molecule has 2 fully saturated rings. The van der Waals surface area contributed by atoms with Gasteiger partial charge in [0.1, 0.15) is 11.6 Å². The van der Waals surface area contributed by atoms with Crippen molar-refractivity contribution < 1.29 is 18.3 Å². The van der Waals surface area contributed by atoms with Crippen molar-refractivity contribution in [3.05, 3.63) is 39.8 Å². The number of benzene rings is 1. The average molecular weight is 560 g/mol. The molecule has 2 aromatic heterocycles. The van der Waals surface area contributed by atoms with Gasteiger partial charge in [-0.05, 0) is 43.9 Å². The van der Waals surface area contributed by atoms with E-state index in [2.05, 4.69) is 20.6 Å². The van der Waals surface area contributed by atoms with Gasteiger partial charge in [0.05, 0.1) is 23.4 Å². The fourth-order valence-electron chi connectivity index (χ4n) is 5.20. The Balaban J connectivity index is 1.37. The van der Waals surface area contributed by atoms with Gasteiger partial charge < -0.3 is 29.7 Å². The lowest BCUT2D eigenvalue weighted by Crippen LogP contribution is -2.54. The molecule has 0 radical (unpaired) electrons. The van der Waals surface area contributed by atoms with E-state index in [9.17, 15) is 18.4 Å². The molecule has 0 bridgehead atoms. The number of hydrogen-bond donors (Lipinski definition) is 2. The number of nitrogens with one attached hydrogen (secondary N) is 2. The molecule has 6 rings (SSSR count). The van der Waals surface area contributed by atoms with Crippen LogP contribution in [0.15, 0.2) is 29.2 Å². The van der Waals surface area contributed by atoms with Crippen LogP contribution in [0.25, 0.3) is 10.9 Å². The summed E-state index contributed by atoms with van der Waals surface area (Å²) in [6.07, 6.45) is 2.86. The predicted octanol–water partition coefficient (Wildman–Crippen LogP) is 3.61. The smallest absolute Gasteiger partial charge is 0.301 e. The maximum atomic E-state index is 14.9. The fraction of sp³-hybridized carbons (Fsp3) is 0.462. The Hall–Kier alpha value is -3.67. The largest absolute Gasteiger partial charge is 0.480 e. The molecule has 1 amide bonds. The highest BCUT2D eigenvalue weighted by Gasteiger charge is 2.51. The first-order chi connectivity index (χ1) is 18.5. The molecular formula is C26H28ClF2N7O3. The number of piperazine rings is 1. The van der Waals surface area contributed by atoms with Gasteiger partial charge in [-0.1, -0.05) is 11.6 Å². The molecular weight excluding hydrogens is 532 g/mol. The van der Waals surface area contributed by atoms with Crippen LogP contribution in [0.2, 0.25) is 5.02 Å². The summed E-state index contributed by atoms with van der Waals surface area (Å²) >= 11 is 6.42. The number of aromatic nitrogens is 3. The average Bonchev–Trinajstić information content (AvgIpc) is 3.74. The lowest BCUT2D eigenvalue weighted by atomic mass is 10.0. The summed E-state index contributed by atoms with van der Waals surface area (Å²) in [7, 11) is 3.35. The molecule has 1 saturated heterocycles. The topological polar surface area (TPSA) is 105 Å². The predicted molar refractivity (Wildman–Crippen MR) is 145 cm³/mol. The number of anilines is 4. The molecule has 4 heterocycles. The van der Waals surface area contributed by atoms with E-state index < -0.39 is 24.1 Å². The van der Waals surface area contributed by atoms with Crippen molar-refractivity contribution in [2.75, 3.05) is 42.3 Å². The van der Waals surface area contributed by atoms with Crippen molar-refractivity contribution in [1.82, 2.24) is 19.4 Å². The number of halogens is 3. The number of likely N-dealkylation sites (N-methyl/N-ethyl adjacent to an activating group) is 1. The standard InChI is InChI=1S/C26H28ClF2N7O3/c1-13-10-36(11-19(37)34(13)2)25-30-9-17(27)23(33-25)31-15-6-7-18-16(8-15)20-21(24(38)35(18)3)39-12-26(28,29)22(32-20)14-4-5-14/h6-9,13-14,22,32H,4-5,10-12H2,1-3H3,(H,30,31,33). The van der Waals surface area contributed by atoms with Crippen molar-refractivity contribution in [3.63, 3.8) is 0 Å². The number of fused-ring (bicyclic) bond motifs is 3. The SMILES string of the molecule is CC1CN(c2ncc(Cl)c(Nc3ccc4c(c3)c3c(c(=O)n4C)OCC(F)(F)C(C4CC4)N3)n2)CC(=O)N1C. The number of alkyl halides is 2. The van der Waals surface area contributed by atoms with Crippen LogP contribution in [0, 0.1) is 5.92 Å². The number of amides is 1. The summed E-state index contributed by atoms with van der Waals surface area (Å²) in [5.74, 6) is -2.79. The highest BCUT2D eigenvalue weighted by atomic mass is 35.5. The van der Waals surface area contributed by atoms with E-state index in [0.717, 1.165) is 0 Å². The molecule has 1 aliphatic carbocycles. The first-order valence-corrected chi connectivity index (χ1v) is 13.2. The van der Waals surface area contributed by atoms with Crippen LogP contribution in [0.1, 0.15) is 19.8 Å². The quantitative estimate of drug-likeness (QED) is 0.500. The Kier molecular flexibility index (Phi) is 6.05. The molecule has 2 N–H and O–H groups in total. The lowest BCUT2D eigenvalue weighted by Gasteiger charge is -2.37. The summed E-state index contributed by atoms with van der Waals surface area (Å²) in [4.78, 5) is 37.8. The second-order valence-electron chi connectivity index (χ2n) is 10.5. The maximum Gasteiger partial charge on any atom is 0.301 e. The van der Waals surface area contributed by atoms with Crippen LogP contribution in [0.4, 0.5) is 31.9 Å². The number of carbonyl (C=O) groups excluding carboxylic acids is 1. The van der Waals surface area contributed by atoms with E-state index in [4.69, 9.17) is 16.3 Å². The van der Waals surface area contributed by atoms with Crippen LogP contribution in [0.3, 0.4) is 0 Å². The molecule has 1 saturated carbocycles. The number of carbonyl (C=O) groups is 1. The number of hydrogen-bond acceptors (Lipinski definition) is 8. The van der Waals surface area contributed by atoms with Gasteiger partial charge in [-0.15, -0.1) is 0 Å². The van der Waals surface area contributed by atoms with E-state index in [-0.39, 0.29) is 40.9 Å². The van der Waals surface area contributed by atoms with Gasteiger partial charge in [-0.25, -0.2) is 13.8 Å². The van der Waals surface area contributed by atoms with E-state index in [0.29, 0.717) is 47.7 Å². The third kappa shape index (κ3) is 4.50. The normalized spacial score (nSPS) is 22.7. The number of ether oxygens (including phenoxy) is 1. The summed E-state index contributed by atoms with van der Waals surface area (Å²) < 4.78 is 36.7. The molecule has 39 heavy (non-hydrogen) atoms. The Morgan fingerprint density at radius 1 is 1.23 bits per heavy atom. The van der Waals surface area contributed by atoms with Crippen molar-refractivity contribution in [2.24, 2.45) is 13.0 Å². The fourth-order valence-corrected chi connectivity index (χ4v) is 5.34. The lowest BCUT2D eigenvalue weighted by molar-refractivity contribution is -0.131. The first kappa shape index (κ1) is 25.6. The van der Waals surface area contributed by atoms with Gasteiger partial charge in [-0.2, -0.15) is 4.98 Å². The van der Waals surface area contributed by atoms with E-state index in [1.807, 2.05) is 6.92 Å². The van der Waals surface area contributed by atoms with E-state index in [1.165, 1.54) is 10.8 Å². The Labute approximate surface area is 227 Å². The van der Waals surface area contributed by atoms with E-state index in [1.54, 1.807) is 42.1 Å². The van der Waals surface area contributed by atoms with Gasteiger partial charge in [0.15, 0.2) is 12.4 Å². The van der Waals surface area contributed by atoms with Crippen molar-refractivity contribution in [2.45, 2.75) is 37.8 Å². The Morgan fingerprint density at radius 2 is 2.00 bits per heavy atom. The second kappa shape index (κ2) is 9.22. The van der Waals surface area contributed by atoms with Crippen LogP contribution >= 0.6 is 11.6 Å². The number of rotatable bonds is 4. The van der Waals surface area contributed by atoms with Crippen LogP contribution in [0.5, 0.6) is 5.75 Å². The Morgan fingerprint density at radius 3 is 2.72 bits per heavy atom. The third-order valence-electron chi connectivity index (χ3n) is 7.75. The minimum absolute atomic E-state index is 0.00843. The first-order valence-electron chi connectivity index (χ1n) is 12.8. The zero-order valence-corrected chi connectivity index (χ0v) is 22.4. The van der Waals surface area contributed by atoms with E-state index >= 15 is 0 Å². The molecule has 13 heteroatoms. The molecule has 2 unspecified atom stereocenters. The minimum Gasteiger partial charge on any atom is -0.480 e. The third-order valence-corrected chi connectivity index (χ3v) is 8.03. The molecule has 0 spiro atoms. The van der Waals surface area contributed by atoms with Crippen LogP contribution in [-0.2, 0) is 11.8 Å². The minimum atomic E-state index is -3.12. The van der Waals surface area contributed by atoms with Gasteiger partial charge in [0.2, 0.25) is 17.6 Å². The number of aryl methyl sites for hydroxylation is 1. The molecule has 2 aliphatic heterocycles. The number of nitrogens with zero attached hydrogens (tertiary/aromatic N) is 5. The van der Waals surface area contributed by atoms with Gasteiger partial charge >= 0.3 is 5.92 Å². The monoisotopic (exact) mass is 559 g/mol. The van der Waals surface area contributed by atoms with Gasteiger partial charge in [0, 0.05) is 37.8 Å². The molecule has 206 valence electrons. The summed E-state index contributed by atoms with van der Waals surface area (Å²) in [5, 5.41) is 6.97. The summed E-state index contributed by atoms with van der Waals surface area (Å²) in [6, 6.07) is 4.09. The van der Waals surface area contributed by atoms with Crippen LogP contribution < -0.4 is 25.8 Å². The maximum absolute atomic E-state index is 14.9. The highest BCUT2D eigenvalue weighted by Crippen LogP contribution is 2.45. The summed E-state index contributed by atoms with van der Waals surface area (Å²) in [6.45, 7) is 1.81. The molecule has 3 aromatic rings. The second-order valence-corrected chi connectivity index (χ2v) is 10.9. The number of pyridine rings is 1. The van der Waals surface area contributed by atoms with Crippen molar-refractivity contribution in [3.8, 4) is 5.75 Å². The summed E-state index contributed by atoms with van der Waals surface area (Å²) in [5.41, 5.74) is 0.890. The van der Waals surface area contributed by atoms with Crippen molar-refractivity contribution in [1.29, 1.82) is 0 Å².